The molecule has 0 bridgehead atoms. The zero-order chi connectivity index (χ0) is 15.8. The highest BCUT2D eigenvalue weighted by Gasteiger charge is 2.26. The van der Waals surface area contributed by atoms with E-state index in [0.29, 0.717) is 5.69 Å². The number of nitrogens with one attached hydrogen (secondary N) is 2. The van der Waals surface area contributed by atoms with Crippen molar-refractivity contribution in [1.82, 2.24) is 20.3 Å². The number of rotatable bonds is 2. The Morgan fingerprint density at radius 1 is 1.35 bits per heavy atom. The number of fused-ring (bicyclic) bond motifs is 3. The van der Waals surface area contributed by atoms with E-state index in [2.05, 4.69) is 20.3 Å². The molecule has 0 unspecified atom stereocenters. The van der Waals surface area contributed by atoms with E-state index < -0.39 is 0 Å². The normalized spacial score (nSPS) is 17.0. The van der Waals surface area contributed by atoms with E-state index in [0.717, 1.165) is 40.9 Å². The fourth-order valence-electron chi connectivity index (χ4n) is 3.23. The number of H-pyrrole nitrogens is 1. The third-order valence-electron chi connectivity index (χ3n) is 4.27. The van der Waals surface area contributed by atoms with Crippen molar-refractivity contribution in [2.24, 2.45) is 0 Å². The van der Waals surface area contributed by atoms with Crippen molar-refractivity contribution in [3.63, 3.8) is 0 Å². The predicted molar refractivity (Wildman–Crippen MR) is 88.5 cm³/mol. The standard InChI is InChI=1S/C17H15ClN4O/c18-10-4-5-13-12(8-10)11-2-1-3-14(16(11)21-13)22-17(23)15-9-19-6-7-20-15/h4-9,14,21H,1-3H2,(H,22,23)/t14-/m1/s1. The van der Waals surface area contributed by atoms with Crippen LogP contribution in [-0.4, -0.2) is 20.9 Å². The summed E-state index contributed by atoms with van der Waals surface area (Å²) in [7, 11) is 0. The molecular weight excluding hydrogens is 312 g/mol. The Kier molecular flexibility index (Phi) is 3.50. The minimum absolute atomic E-state index is 0.0422. The molecule has 2 N–H and O–H groups in total. The number of benzene rings is 1. The fourth-order valence-corrected chi connectivity index (χ4v) is 3.40. The molecule has 3 aromatic rings. The van der Waals surface area contributed by atoms with Crippen LogP contribution < -0.4 is 5.32 Å². The summed E-state index contributed by atoms with van der Waals surface area (Å²) in [6.45, 7) is 0. The maximum absolute atomic E-state index is 12.3. The number of hydrogen-bond donors (Lipinski definition) is 2. The van der Waals surface area contributed by atoms with Gasteiger partial charge in [0, 0.05) is 34.0 Å². The summed E-state index contributed by atoms with van der Waals surface area (Å²) in [5.41, 5.74) is 3.71. The lowest BCUT2D eigenvalue weighted by molar-refractivity contribution is 0.0926. The van der Waals surface area contributed by atoms with Crippen LogP contribution in [0.25, 0.3) is 10.9 Å². The smallest absolute Gasteiger partial charge is 0.272 e. The van der Waals surface area contributed by atoms with Gasteiger partial charge in [0.25, 0.3) is 5.91 Å². The Balaban J connectivity index is 1.68. The average Bonchev–Trinajstić information content (AvgIpc) is 2.95. The number of halogens is 1. The molecule has 0 fully saturated rings. The molecule has 0 spiro atoms. The van der Waals surface area contributed by atoms with Gasteiger partial charge in [-0.2, -0.15) is 0 Å². The average molecular weight is 327 g/mol. The molecule has 1 amide bonds. The Morgan fingerprint density at radius 3 is 3.09 bits per heavy atom. The minimum Gasteiger partial charge on any atom is -0.356 e. The summed E-state index contributed by atoms with van der Waals surface area (Å²) in [5.74, 6) is -0.201. The first-order chi connectivity index (χ1) is 11.2. The summed E-state index contributed by atoms with van der Waals surface area (Å²) < 4.78 is 0. The number of carbonyl (C=O) groups excluding carboxylic acids is 1. The molecule has 0 saturated heterocycles. The SMILES string of the molecule is O=C(N[C@@H]1CCCc2c1[nH]c1ccc(Cl)cc21)c1cnccn1. The maximum atomic E-state index is 12.3. The third kappa shape index (κ3) is 2.57. The van der Waals surface area contributed by atoms with Crippen LogP contribution in [0.15, 0.2) is 36.8 Å². The van der Waals surface area contributed by atoms with Gasteiger partial charge in [0.1, 0.15) is 5.69 Å². The van der Waals surface area contributed by atoms with Crippen LogP contribution >= 0.6 is 11.6 Å². The number of carbonyl (C=O) groups is 1. The molecule has 1 aromatic carbocycles. The highest BCUT2D eigenvalue weighted by Crippen LogP contribution is 2.35. The van der Waals surface area contributed by atoms with Crippen LogP contribution in [-0.2, 0) is 6.42 Å². The van der Waals surface area contributed by atoms with Crippen LogP contribution in [0.5, 0.6) is 0 Å². The van der Waals surface area contributed by atoms with Crippen molar-refractivity contribution in [3.8, 4) is 0 Å². The molecule has 0 saturated carbocycles. The number of aromatic nitrogens is 3. The Morgan fingerprint density at radius 2 is 2.26 bits per heavy atom. The highest BCUT2D eigenvalue weighted by molar-refractivity contribution is 6.31. The van der Waals surface area contributed by atoms with Gasteiger partial charge in [-0.05, 0) is 43.0 Å². The summed E-state index contributed by atoms with van der Waals surface area (Å²) in [6.07, 6.45) is 7.47. The van der Waals surface area contributed by atoms with E-state index in [4.69, 9.17) is 11.6 Å². The molecule has 2 aromatic heterocycles. The van der Waals surface area contributed by atoms with Crippen molar-refractivity contribution in [2.45, 2.75) is 25.3 Å². The van der Waals surface area contributed by atoms with Crippen LogP contribution in [0.3, 0.4) is 0 Å². The molecule has 23 heavy (non-hydrogen) atoms. The number of aryl methyl sites for hydroxylation is 1. The van der Waals surface area contributed by atoms with Crippen molar-refractivity contribution < 1.29 is 4.79 Å². The molecular formula is C17H15ClN4O. The first-order valence-electron chi connectivity index (χ1n) is 7.59. The van der Waals surface area contributed by atoms with E-state index in [1.165, 1.54) is 18.0 Å². The second-order valence-electron chi connectivity index (χ2n) is 5.72. The topological polar surface area (TPSA) is 70.7 Å². The van der Waals surface area contributed by atoms with Gasteiger partial charge < -0.3 is 10.3 Å². The van der Waals surface area contributed by atoms with Crippen LogP contribution in [0.1, 0.15) is 40.6 Å². The summed E-state index contributed by atoms with van der Waals surface area (Å²) in [5, 5.41) is 4.93. The van der Waals surface area contributed by atoms with Gasteiger partial charge in [-0.25, -0.2) is 4.98 Å². The molecule has 2 heterocycles. The number of hydrogen-bond acceptors (Lipinski definition) is 3. The van der Waals surface area contributed by atoms with Gasteiger partial charge >= 0.3 is 0 Å². The first-order valence-corrected chi connectivity index (χ1v) is 7.97. The zero-order valence-electron chi connectivity index (χ0n) is 12.3. The van der Waals surface area contributed by atoms with Gasteiger partial charge in [-0.1, -0.05) is 11.6 Å². The Labute approximate surface area is 138 Å². The molecule has 1 aliphatic rings. The fraction of sp³-hybridized carbons (Fsp3) is 0.235. The van der Waals surface area contributed by atoms with E-state index in [-0.39, 0.29) is 11.9 Å². The third-order valence-corrected chi connectivity index (χ3v) is 4.51. The quantitative estimate of drug-likeness (QED) is 0.758. The van der Waals surface area contributed by atoms with E-state index >= 15 is 0 Å². The molecule has 4 rings (SSSR count). The molecule has 0 radical (unpaired) electrons. The first kappa shape index (κ1) is 14.2. The molecule has 1 atom stereocenters. The monoisotopic (exact) mass is 326 g/mol. The zero-order valence-corrected chi connectivity index (χ0v) is 13.1. The van der Waals surface area contributed by atoms with E-state index in [1.807, 2.05) is 18.2 Å². The molecule has 0 aliphatic heterocycles. The van der Waals surface area contributed by atoms with Crippen molar-refractivity contribution >= 4 is 28.4 Å². The molecule has 1 aliphatic carbocycles. The van der Waals surface area contributed by atoms with Crippen molar-refractivity contribution in [1.29, 1.82) is 0 Å². The largest absolute Gasteiger partial charge is 0.356 e. The lowest BCUT2D eigenvalue weighted by Crippen LogP contribution is -2.31. The van der Waals surface area contributed by atoms with Crippen LogP contribution in [0.2, 0.25) is 5.02 Å². The highest BCUT2D eigenvalue weighted by atomic mass is 35.5. The molecule has 116 valence electrons. The number of aromatic amines is 1. The summed E-state index contributed by atoms with van der Waals surface area (Å²) in [6, 6.07) is 5.80. The Bertz CT molecular complexity index is 875. The predicted octanol–water partition coefficient (Wildman–Crippen LogP) is 3.42. The number of amides is 1. The van der Waals surface area contributed by atoms with Crippen LogP contribution in [0, 0.1) is 0 Å². The van der Waals surface area contributed by atoms with E-state index in [1.54, 1.807) is 6.20 Å². The Hall–Kier alpha value is -2.40. The van der Waals surface area contributed by atoms with Crippen molar-refractivity contribution in [2.75, 3.05) is 0 Å². The number of nitrogens with zero attached hydrogens (tertiary/aromatic N) is 2. The minimum atomic E-state index is -0.201. The molecule has 5 nitrogen and oxygen atoms in total. The second kappa shape index (κ2) is 5.66. The molecule has 6 heteroatoms. The maximum Gasteiger partial charge on any atom is 0.272 e. The van der Waals surface area contributed by atoms with E-state index in [9.17, 15) is 4.79 Å². The van der Waals surface area contributed by atoms with Crippen molar-refractivity contribution in [3.05, 3.63) is 58.8 Å². The van der Waals surface area contributed by atoms with Gasteiger partial charge in [0.2, 0.25) is 0 Å². The van der Waals surface area contributed by atoms with Crippen LogP contribution in [0.4, 0.5) is 0 Å². The van der Waals surface area contributed by atoms with Gasteiger partial charge in [-0.3, -0.25) is 9.78 Å². The second-order valence-corrected chi connectivity index (χ2v) is 6.15. The van der Waals surface area contributed by atoms with Gasteiger partial charge in [0.15, 0.2) is 0 Å². The summed E-state index contributed by atoms with van der Waals surface area (Å²) in [4.78, 5) is 23.8. The summed E-state index contributed by atoms with van der Waals surface area (Å²) >= 11 is 6.12. The van der Waals surface area contributed by atoms with Gasteiger partial charge in [0.05, 0.1) is 12.2 Å². The van der Waals surface area contributed by atoms with Gasteiger partial charge in [-0.15, -0.1) is 0 Å². The lowest BCUT2D eigenvalue weighted by Gasteiger charge is -2.23. The lowest BCUT2D eigenvalue weighted by atomic mass is 9.91.